The van der Waals surface area contributed by atoms with Crippen molar-refractivity contribution < 1.29 is 9.90 Å². The lowest BCUT2D eigenvalue weighted by molar-refractivity contribution is -0.137. The first-order chi connectivity index (χ1) is 15.0. The Hall–Kier alpha value is -2.93. The van der Waals surface area contributed by atoms with Gasteiger partial charge in [0.05, 0.1) is 12.1 Å². The SMILES string of the molecule is O=C(CC1CCc2ccccc2C1)N1CCC(O)(Cn2cnn3cccc3c2=O)CC1. The zero-order chi connectivity index (χ0) is 21.4. The van der Waals surface area contributed by atoms with Gasteiger partial charge < -0.3 is 10.0 Å². The summed E-state index contributed by atoms with van der Waals surface area (Å²) in [4.78, 5) is 27.4. The summed E-state index contributed by atoms with van der Waals surface area (Å²) in [6.07, 6.45) is 7.77. The second-order valence-electron chi connectivity index (χ2n) is 9.09. The van der Waals surface area contributed by atoms with Gasteiger partial charge in [-0.25, -0.2) is 4.52 Å². The fraction of sp³-hybridized carbons (Fsp3) is 0.458. The van der Waals surface area contributed by atoms with Crippen LogP contribution >= 0.6 is 0 Å². The van der Waals surface area contributed by atoms with E-state index in [1.54, 1.807) is 18.3 Å². The van der Waals surface area contributed by atoms with Gasteiger partial charge in [-0.2, -0.15) is 5.10 Å². The Balaban J connectivity index is 1.18. The molecule has 1 fully saturated rings. The predicted octanol–water partition coefficient (Wildman–Crippen LogP) is 2.04. The van der Waals surface area contributed by atoms with Crippen LogP contribution in [0.3, 0.4) is 0 Å². The topological polar surface area (TPSA) is 79.8 Å². The number of benzene rings is 1. The van der Waals surface area contributed by atoms with E-state index in [4.69, 9.17) is 0 Å². The average molecular weight is 421 g/mol. The van der Waals surface area contributed by atoms with Gasteiger partial charge in [0.15, 0.2) is 0 Å². The van der Waals surface area contributed by atoms with Crippen molar-refractivity contribution in [1.82, 2.24) is 19.1 Å². The van der Waals surface area contributed by atoms with E-state index in [9.17, 15) is 14.7 Å². The number of aryl methyl sites for hydroxylation is 1. The smallest absolute Gasteiger partial charge is 0.277 e. The maximum atomic E-state index is 12.9. The number of hydrogen-bond donors (Lipinski definition) is 1. The summed E-state index contributed by atoms with van der Waals surface area (Å²) < 4.78 is 3.01. The van der Waals surface area contributed by atoms with Gasteiger partial charge in [-0.15, -0.1) is 0 Å². The Kier molecular flexibility index (Phi) is 5.14. The molecule has 1 aliphatic heterocycles. The molecule has 1 unspecified atom stereocenters. The third-order valence-electron chi connectivity index (χ3n) is 6.95. The largest absolute Gasteiger partial charge is 0.388 e. The molecule has 31 heavy (non-hydrogen) atoms. The van der Waals surface area contributed by atoms with Crippen LogP contribution < -0.4 is 5.56 Å². The van der Waals surface area contributed by atoms with Crippen molar-refractivity contribution in [1.29, 1.82) is 0 Å². The fourth-order valence-corrected chi connectivity index (χ4v) is 5.04. The molecule has 2 aromatic heterocycles. The van der Waals surface area contributed by atoms with Gasteiger partial charge in [0, 0.05) is 25.7 Å². The molecule has 0 bridgehead atoms. The minimum absolute atomic E-state index is 0.162. The van der Waals surface area contributed by atoms with E-state index in [-0.39, 0.29) is 18.0 Å². The lowest BCUT2D eigenvalue weighted by Crippen LogP contribution is -2.50. The second-order valence-corrected chi connectivity index (χ2v) is 9.09. The minimum atomic E-state index is -1.00. The van der Waals surface area contributed by atoms with Crippen LogP contribution in [0, 0.1) is 5.92 Å². The van der Waals surface area contributed by atoms with Crippen molar-refractivity contribution in [3.63, 3.8) is 0 Å². The number of aromatic nitrogens is 3. The van der Waals surface area contributed by atoms with Crippen molar-refractivity contribution in [2.45, 2.75) is 50.7 Å². The van der Waals surface area contributed by atoms with Crippen LogP contribution in [0.5, 0.6) is 0 Å². The summed E-state index contributed by atoms with van der Waals surface area (Å²) in [5.41, 5.74) is 2.12. The summed E-state index contributed by atoms with van der Waals surface area (Å²) in [5.74, 6) is 0.571. The normalized spacial score (nSPS) is 20.5. The number of piperidine rings is 1. The Labute approximate surface area is 180 Å². The number of aliphatic hydroxyl groups is 1. The monoisotopic (exact) mass is 420 g/mol. The standard InChI is InChI=1S/C24H28N4O3/c29-22(15-18-7-8-19-4-1-2-5-20(19)14-18)26-12-9-24(31,10-13-26)16-27-17-25-28-11-3-6-21(28)23(27)30/h1-6,11,17-18,31H,7-10,12-16H2. The Morgan fingerprint density at radius 2 is 1.90 bits per heavy atom. The Bertz CT molecular complexity index is 1160. The number of hydrogen-bond acceptors (Lipinski definition) is 4. The highest BCUT2D eigenvalue weighted by atomic mass is 16.3. The Morgan fingerprint density at radius 1 is 1.13 bits per heavy atom. The summed E-state index contributed by atoms with van der Waals surface area (Å²) in [6.45, 7) is 1.24. The molecule has 3 heterocycles. The van der Waals surface area contributed by atoms with E-state index in [0.717, 1.165) is 19.3 Å². The molecule has 1 amide bonds. The van der Waals surface area contributed by atoms with Crippen molar-refractivity contribution in [3.05, 3.63) is 70.4 Å². The van der Waals surface area contributed by atoms with Gasteiger partial charge in [-0.05, 0) is 61.3 Å². The summed E-state index contributed by atoms with van der Waals surface area (Å²) in [6, 6.07) is 12.0. The van der Waals surface area contributed by atoms with Gasteiger partial charge in [0.1, 0.15) is 11.8 Å². The molecule has 162 valence electrons. The van der Waals surface area contributed by atoms with Gasteiger partial charge >= 0.3 is 0 Å². The number of rotatable bonds is 4. The molecular formula is C24H28N4O3. The molecule has 5 rings (SSSR count). The number of nitrogens with zero attached hydrogens (tertiary/aromatic N) is 4. The second kappa shape index (κ2) is 7.96. The highest BCUT2D eigenvalue weighted by Crippen LogP contribution is 2.29. The molecule has 3 aromatic rings. The summed E-state index contributed by atoms with van der Waals surface area (Å²) >= 11 is 0. The highest BCUT2D eigenvalue weighted by molar-refractivity contribution is 5.76. The van der Waals surface area contributed by atoms with Crippen molar-refractivity contribution in [3.8, 4) is 0 Å². The van der Waals surface area contributed by atoms with E-state index in [2.05, 4.69) is 29.4 Å². The summed E-state index contributed by atoms with van der Waals surface area (Å²) in [5, 5.41) is 15.3. The zero-order valence-electron chi connectivity index (χ0n) is 17.6. The van der Waals surface area contributed by atoms with Crippen molar-refractivity contribution >= 4 is 11.4 Å². The zero-order valence-corrected chi connectivity index (χ0v) is 17.6. The maximum Gasteiger partial charge on any atom is 0.277 e. The van der Waals surface area contributed by atoms with Gasteiger partial charge in [-0.3, -0.25) is 14.2 Å². The molecule has 0 saturated carbocycles. The molecule has 1 atom stereocenters. The quantitative estimate of drug-likeness (QED) is 0.701. The predicted molar refractivity (Wildman–Crippen MR) is 117 cm³/mol. The first-order valence-corrected chi connectivity index (χ1v) is 11.1. The number of carbonyl (C=O) groups is 1. The summed E-state index contributed by atoms with van der Waals surface area (Å²) in [7, 11) is 0. The van der Waals surface area contributed by atoms with Crippen LogP contribution in [0.1, 0.15) is 36.8 Å². The van der Waals surface area contributed by atoms with Gasteiger partial charge in [-0.1, -0.05) is 24.3 Å². The van der Waals surface area contributed by atoms with Gasteiger partial charge in [0.25, 0.3) is 5.56 Å². The van der Waals surface area contributed by atoms with Crippen LogP contribution in [0.4, 0.5) is 0 Å². The first kappa shape index (κ1) is 20.0. The van der Waals surface area contributed by atoms with Crippen LogP contribution in [-0.4, -0.2) is 48.8 Å². The molecule has 1 aliphatic carbocycles. The molecular weight excluding hydrogens is 392 g/mol. The van der Waals surface area contributed by atoms with Crippen LogP contribution in [-0.2, 0) is 24.2 Å². The number of carbonyl (C=O) groups excluding carboxylic acids is 1. The van der Waals surface area contributed by atoms with E-state index in [1.165, 1.54) is 26.5 Å². The molecule has 1 aromatic carbocycles. The van der Waals surface area contributed by atoms with E-state index >= 15 is 0 Å². The van der Waals surface area contributed by atoms with Crippen LogP contribution in [0.25, 0.3) is 5.52 Å². The highest BCUT2D eigenvalue weighted by Gasteiger charge is 2.35. The lowest BCUT2D eigenvalue weighted by atomic mass is 9.82. The van der Waals surface area contributed by atoms with Crippen LogP contribution in [0.2, 0.25) is 0 Å². The van der Waals surface area contributed by atoms with E-state index < -0.39 is 5.60 Å². The molecule has 1 saturated heterocycles. The van der Waals surface area contributed by atoms with Crippen LogP contribution in [0.15, 0.2) is 53.7 Å². The van der Waals surface area contributed by atoms with E-state index in [1.807, 2.05) is 4.90 Å². The molecule has 7 nitrogen and oxygen atoms in total. The molecule has 1 N–H and O–H groups in total. The number of amides is 1. The number of likely N-dealkylation sites (tertiary alicyclic amines) is 1. The average Bonchev–Trinajstić information content (AvgIpc) is 3.26. The first-order valence-electron chi connectivity index (χ1n) is 11.1. The minimum Gasteiger partial charge on any atom is -0.388 e. The molecule has 2 aliphatic rings. The van der Waals surface area contributed by atoms with Gasteiger partial charge in [0.2, 0.25) is 5.91 Å². The van der Waals surface area contributed by atoms with E-state index in [0.29, 0.717) is 43.8 Å². The third kappa shape index (κ3) is 4.02. The van der Waals surface area contributed by atoms with Crippen molar-refractivity contribution in [2.24, 2.45) is 5.92 Å². The lowest BCUT2D eigenvalue weighted by Gasteiger charge is -2.39. The van der Waals surface area contributed by atoms with Crippen molar-refractivity contribution in [2.75, 3.05) is 13.1 Å². The molecule has 7 heteroatoms. The third-order valence-corrected chi connectivity index (χ3v) is 6.95. The molecule has 0 radical (unpaired) electrons. The molecule has 0 spiro atoms. The maximum absolute atomic E-state index is 12.9. The number of fused-ring (bicyclic) bond motifs is 2. The fourth-order valence-electron chi connectivity index (χ4n) is 5.04. The Morgan fingerprint density at radius 3 is 2.71 bits per heavy atom.